The van der Waals surface area contributed by atoms with Crippen LogP contribution in [0.2, 0.25) is 0 Å². The normalized spacial score (nSPS) is 14.7. The highest BCUT2D eigenvalue weighted by Gasteiger charge is 2.18. The summed E-state index contributed by atoms with van der Waals surface area (Å²) >= 11 is 0. The monoisotopic (exact) mass is 252 g/mol. The van der Waals surface area contributed by atoms with E-state index in [1.54, 1.807) is 6.33 Å². The quantitative estimate of drug-likeness (QED) is 0.734. The highest BCUT2D eigenvalue weighted by molar-refractivity contribution is 4.91. The first-order chi connectivity index (χ1) is 8.72. The van der Waals surface area contributed by atoms with Crippen molar-refractivity contribution in [2.24, 2.45) is 5.92 Å². The summed E-state index contributed by atoms with van der Waals surface area (Å²) in [5.74, 6) is 1.80. The number of hydrogen-bond donors (Lipinski definition) is 1. The van der Waals surface area contributed by atoms with E-state index in [2.05, 4.69) is 43.1 Å². The molecule has 0 saturated heterocycles. The SMILES string of the molecule is CCCC(C)C(Cc1ncnn1CCC)NCC. The van der Waals surface area contributed by atoms with Crippen LogP contribution in [0.25, 0.3) is 0 Å². The van der Waals surface area contributed by atoms with Crippen LogP contribution >= 0.6 is 0 Å². The summed E-state index contributed by atoms with van der Waals surface area (Å²) in [6.45, 7) is 10.9. The van der Waals surface area contributed by atoms with Crippen molar-refractivity contribution in [3.63, 3.8) is 0 Å². The number of nitrogens with one attached hydrogen (secondary N) is 1. The Morgan fingerprint density at radius 2 is 2.06 bits per heavy atom. The molecule has 0 aliphatic heterocycles. The van der Waals surface area contributed by atoms with Gasteiger partial charge >= 0.3 is 0 Å². The number of likely N-dealkylation sites (N-methyl/N-ethyl adjacent to an activating group) is 1. The molecular formula is C14H28N4. The van der Waals surface area contributed by atoms with E-state index in [9.17, 15) is 0 Å². The summed E-state index contributed by atoms with van der Waals surface area (Å²) in [5.41, 5.74) is 0. The van der Waals surface area contributed by atoms with Gasteiger partial charge in [-0.15, -0.1) is 0 Å². The van der Waals surface area contributed by atoms with Gasteiger partial charge in [0.05, 0.1) is 0 Å². The second-order valence-corrected chi connectivity index (χ2v) is 5.03. The van der Waals surface area contributed by atoms with Crippen molar-refractivity contribution < 1.29 is 0 Å². The fourth-order valence-electron chi connectivity index (χ4n) is 2.43. The zero-order valence-electron chi connectivity index (χ0n) is 12.3. The average molecular weight is 252 g/mol. The third kappa shape index (κ3) is 4.41. The summed E-state index contributed by atoms with van der Waals surface area (Å²) in [5, 5.41) is 7.90. The molecule has 0 bridgehead atoms. The van der Waals surface area contributed by atoms with Crippen LogP contribution in [0.4, 0.5) is 0 Å². The summed E-state index contributed by atoms with van der Waals surface area (Å²) in [6.07, 6.45) is 6.27. The van der Waals surface area contributed by atoms with Crippen LogP contribution in [0.3, 0.4) is 0 Å². The third-order valence-electron chi connectivity index (χ3n) is 3.43. The van der Waals surface area contributed by atoms with E-state index in [0.717, 1.165) is 31.8 Å². The van der Waals surface area contributed by atoms with E-state index >= 15 is 0 Å². The summed E-state index contributed by atoms with van der Waals surface area (Å²) in [7, 11) is 0. The molecule has 0 spiro atoms. The highest BCUT2D eigenvalue weighted by Crippen LogP contribution is 2.14. The van der Waals surface area contributed by atoms with Gasteiger partial charge in [0.25, 0.3) is 0 Å². The van der Waals surface area contributed by atoms with Gasteiger partial charge in [0, 0.05) is 19.0 Å². The maximum Gasteiger partial charge on any atom is 0.138 e. The second-order valence-electron chi connectivity index (χ2n) is 5.03. The molecular weight excluding hydrogens is 224 g/mol. The maximum absolute atomic E-state index is 4.41. The summed E-state index contributed by atoms with van der Waals surface area (Å²) < 4.78 is 2.04. The van der Waals surface area contributed by atoms with E-state index in [0.29, 0.717) is 12.0 Å². The first-order valence-electron chi connectivity index (χ1n) is 7.32. The Balaban J connectivity index is 2.66. The minimum Gasteiger partial charge on any atom is -0.314 e. The Morgan fingerprint density at radius 1 is 1.28 bits per heavy atom. The lowest BCUT2D eigenvalue weighted by Gasteiger charge is -2.24. The standard InChI is InChI=1S/C14H28N4/c1-5-8-12(4)13(15-7-3)10-14-16-11-17-18(14)9-6-2/h11-13,15H,5-10H2,1-4H3. The maximum atomic E-state index is 4.41. The summed E-state index contributed by atoms with van der Waals surface area (Å²) in [4.78, 5) is 4.41. The van der Waals surface area contributed by atoms with Crippen molar-refractivity contribution in [2.75, 3.05) is 6.54 Å². The first-order valence-corrected chi connectivity index (χ1v) is 7.32. The molecule has 0 radical (unpaired) electrons. The molecule has 4 nitrogen and oxygen atoms in total. The minimum absolute atomic E-state index is 0.509. The van der Waals surface area contributed by atoms with Crippen LogP contribution in [0.1, 0.15) is 52.8 Å². The molecule has 1 heterocycles. The lowest BCUT2D eigenvalue weighted by atomic mass is 9.94. The molecule has 1 rings (SSSR count). The molecule has 0 saturated carbocycles. The Morgan fingerprint density at radius 3 is 2.67 bits per heavy atom. The van der Waals surface area contributed by atoms with Gasteiger partial charge in [-0.1, -0.05) is 34.1 Å². The van der Waals surface area contributed by atoms with Crippen molar-refractivity contribution in [2.45, 2.75) is 66.0 Å². The smallest absolute Gasteiger partial charge is 0.138 e. The number of hydrogen-bond acceptors (Lipinski definition) is 3. The van der Waals surface area contributed by atoms with Gasteiger partial charge in [-0.25, -0.2) is 4.98 Å². The van der Waals surface area contributed by atoms with Gasteiger partial charge in [-0.3, -0.25) is 4.68 Å². The molecule has 1 aromatic rings. The first kappa shape index (κ1) is 15.2. The number of aromatic nitrogens is 3. The topological polar surface area (TPSA) is 42.7 Å². The van der Waals surface area contributed by atoms with E-state index in [1.165, 1.54) is 12.8 Å². The number of rotatable bonds is 9. The van der Waals surface area contributed by atoms with Crippen LogP contribution in [0.5, 0.6) is 0 Å². The van der Waals surface area contributed by atoms with Crippen molar-refractivity contribution in [1.29, 1.82) is 0 Å². The Kier molecular flexibility index (Phi) is 6.94. The van der Waals surface area contributed by atoms with Crippen LogP contribution in [-0.2, 0) is 13.0 Å². The van der Waals surface area contributed by atoms with E-state index in [1.807, 2.05) is 4.68 Å². The zero-order valence-corrected chi connectivity index (χ0v) is 12.3. The Labute approximate surface area is 111 Å². The average Bonchev–Trinajstić information content (AvgIpc) is 2.77. The predicted molar refractivity (Wildman–Crippen MR) is 75.6 cm³/mol. The summed E-state index contributed by atoms with van der Waals surface area (Å²) in [6, 6.07) is 0.509. The van der Waals surface area contributed by atoms with Crippen molar-refractivity contribution >= 4 is 0 Å². The van der Waals surface area contributed by atoms with Crippen molar-refractivity contribution in [3.05, 3.63) is 12.2 Å². The Bertz CT molecular complexity index is 321. The van der Waals surface area contributed by atoms with Gasteiger partial charge in [-0.05, 0) is 25.3 Å². The van der Waals surface area contributed by atoms with Crippen LogP contribution in [0, 0.1) is 5.92 Å². The molecule has 18 heavy (non-hydrogen) atoms. The van der Waals surface area contributed by atoms with Crippen LogP contribution < -0.4 is 5.32 Å². The molecule has 0 amide bonds. The lowest BCUT2D eigenvalue weighted by Crippen LogP contribution is -2.37. The minimum atomic E-state index is 0.509. The fourth-order valence-corrected chi connectivity index (χ4v) is 2.43. The molecule has 0 fully saturated rings. The molecule has 4 heteroatoms. The van der Waals surface area contributed by atoms with Crippen LogP contribution in [0.15, 0.2) is 6.33 Å². The van der Waals surface area contributed by atoms with Gasteiger partial charge < -0.3 is 5.32 Å². The molecule has 104 valence electrons. The largest absolute Gasteiger partial charge is 0.314 e. The van der Waals surface area contributed by atoms with Crippen molar-refractivity contribution in [1.82, 2.24) is 20.1 Å². The molecule has 0 aliphatic carbocycles. The van der Waals surface area contributed by atoms with Crippen molar-refractivity contribution in [3.8, 4) is 0 Å². The van der Waals surface area contributed by atoms with Crippen LogP contribution in [-0.4, -0.2) is 27.4 Å². The zero-order chi connectivity index (χ0) is 13.4. The van der Waals surface area contributed by atoms with E-state index in [-0.39, 0.29) is 0 Å². The molecule has 0 aliphatic rings. The Hall–Kier alpha value is -0.900. The predicted octanol–water partition coefficient (Wildman–Crippen LogP) is 2.64. The van der Waals surface area contributed by atoms with Gasteiger partial charge in [0.2, 0.25) is 0 Å². The molecule has 2 atom stereocenters. The van der Waals surface area contributed by atoms with E-state index in [4.69, 9.17) is 0 Å². The molecule has 1 N–H and O–H groups in total. The number of aryl methyl sites for hydroxylation is 1. The fraction of sp³-hybridized carbons (Fsp3) is 0.857. The highest BCUT2D eigenvalue weighted by atomic mass is 15.3. The second kappa shape index (κ2) is 8.25. The molecule has 0 aromatic carbocycles. The molecule has 2 unspecified atom stereocenters. The van der Waals surface area contributed by atoms with Gasteiger partial charge in [0.15, 0.2) is 0 Å². The van der Waals surface area contributed by atoms with Gasteiger partial charge in [-0.2, -0.15) is 5.10 Å². The van der Waals surface area contributed by atoms with E-state index < -0.39 is 0 Å². The van der Waals surface area contributed by atoms with Gasteiger partial charge in [0.1, 0.15) is 12.2 Å². The number of nitrogens with zero attached hydrogens (tertiary/aromatic N) is 3. The molecule has 1 aromatic heterocycles. The third-order valence-corrected chi connectivity index (χ3v) is 3.43. The lowest BCUT2D eigenvalue weighted by molar-refractivity contribution is 0.347.